The summed E-state index contributed by atoms with van der Waals surface area (Å²) in [4.78, 5) is 0. The molecule has 96 valence electrons. The van der Waals surface area contributed by atoms with Gasteiger partial charge in [0.2, 0.25) is 0 Å². The topological polar surface area (TPSA) is 25.2 Å². The lowest BCUT2D eigenvalue weighted by Crippen LogP contribution is -2.30. The molecule has 2 unspecified atom stereocenters. The first kappa shape index (κ1) is 12.1. The van der Waals surface area contributed by atoms with Gasteiger partial charge < -0.3 is 9.73 Å². The number of rotatable bonds is 2. The average molecular weight is 264 g/mol. The first-order chi connectivity index (χ1) is 8.76. The van der Waals surface area contributed by atoms with Crippen LogP contribution in [0.2, 0.25) is 5.02 Å². The maximum atomic E-state index is 6.01. The molecular formula is C15H18ClNO. The number of benzene rings is 1. The van der Waals surface area contributed by atoms with Gasteiger partial charge in [-0.2, -0.15) is 0 Å². The summed E-state index contributed by atoms with van der Waals surface area (Å²) in [6.07, 6.45) is 4.95. The van der Waals surface area contributed by atoms with Crippen LogP contribution < -0.4 is 5.32 Å². The van der Waals surface area contributed by atoms with Crippen LogP contribution >= 0.6 is 11.6 Å². The molecule has 0 saturated heterocycles. The fourth-order valence-corrected chi connectivity index (χ4v) is 3.13. The van der Waals surface area contributed by atoms with Crippen LogP contribution in [0, 0.1) is 0 Å². The lowest BCUT2D eigenvalue weighted by Gasteiger charge is -2.27. The highest BCUT2D eigenvalue weighted by molar-refractivity contribution is 6.31. The number of hydrogen-bond acceptors (Lipinski definition) is 2. The molecule has 0 amide bonds. The summed E-state index contributed by atoms with van der Waals surface area (Å²) in [6, 6.07) is 8.60. The maximum absolute atomic E-state index is 6.01. The van der Waals surface area contributed by atoms with Crippen LogP contribution in [0.25, 0.3) is 11.0 Å². The van der Waals surface area contributed by atoms with Crippen molar-refractivity contribution in [2.24, 2.45) is 0 Å². The monoisotopic (exact) mass is 263 g/mol. The normalized spacial score (nSPS) is 24.6. The Morgan fingerprint density at radius 3 is 3.00 bits per heavy atom. The van der Waals surface area contributed by atoms with Gasteiger partial charge in [0.15, 0.2) is 0 Å². The minimum atomic E-state index is 0.544. The number of fused-ring (bicyclic) bond motifs is 1. The Bertz CT molecular complexity index is 548. The summed E-state index contributed by atoms with van der Waals surface area (Å²) in [5.74, 6) is 1.66. The molecule has 18 heavy (non-hydrogen) atoms. The first-order valence-electron chi connectivity index (χ1n) is 6.62. The van der Waals surface area contributed by atoms with E-state index in [0.29, 0.717) is 12.0 Å². The Balaban J connectivity index is 1.89. The molecule has 2 aromatic rings. The predicted octanol–water partition coefficient (Wildman–Crippen LogP) is 4.33. The molecule has 1 N–H and O–H groups in total. The largest absolute Gasteiger partial charge is 0.461 e. The zero-order valence-corrected chi connectivity index (χ0v) is 11.3. The second-order valence-electron chi connectivity index (χ2n) is 5.18. The van der Waals surface area contributed by atoms with E-state index in [-0.39, 0.29) is 0 Å². The van der Waals surface area contributed by atoms with E-state index in [0.717, 1.165) is 21.8 Å². The molecule has 0 spiro atoms. The van der Waals surface area contributed by atoms with Crippen molar-refractivity contribution in [2.45, 2.75) is 37.6 Å². The lowest BCUT2D eigenvalue weighted by molar-refractivity contribution is 0.325. The van der Waals surface area contributed by atoms with Crippen LogP contribution in [0.4, 0.5) is 0 Å². The SMILES string of the molecule is CNC1CCCC(c2cc3cc(Cl)ccc3o2)C1. The van der Waals surface area contributed by atoms with E-state index in [1.54, 1.807) is 0 Å². The Morgan fingerprint density at radius 1 is 1.28 bits per heavy atom. The number of furan rings is 1. The van der Waals surface area contributed by atoms with Crippen LogP contribution in [-0.2, 0) is 0 Å². The average Bonchev–Trinajstić information content (AvgIpc) is 2.81. The minimum absolute atomic E-state index is 0.544. The number of halogens is 1. The van der Waals surface area contributed by atoms with Gasteiger partial charge in [0, 0.05) is 22.4 Å². The van der Waals surface area contributed by atoms with Crippen LogP contribution in [0.1, 0.15) is 37.4 Å². The van der Waals surface area contributed by atoms with Gasteiger partial charge in [-0.1, -0.05) is 18.0 Å². The Hall–Kier alpha value is -0.990. The summed E-state index contributed by atoms with van der Waals surface area (Å²) >= 11 is 6.01. The van der Waals surface area contributed by atoms with Crippen molar-refractivity contribution in [3.05, 3.63) is 35.0 Å². The predicted molar refractivity (Wildman–Crippen MR) is 75.3 cm³/mol. The fraction of sp³-hybridized carbons (Fsp3) is 0.467. The summed E-state index contributed by atoms with van der Waals surface area (Å²) in [6.45, 7) is 0. The van der Waals surface area contributed by atoms with Gasteiger partial charge in [0.05, 0.1) is 0 Å². The third-order valence-electron chi connectivity index (χ3n) is 3.98. The number of hydrogen-bond donors (Lipinski definition) is 1. The maximum Gasteiger partial charge on any atom is 0.134 e. The molecule has 1 aromatic heterocycles. The van der Waals surface area contributed by atoms with E-state index in [1.165, 1.54) is 25.7 Å². The molecule has 0 aliphatic heterocycles. The summed E-state index contributed by atoms with van der Waals surface area (Å²) in [5.41, 5.74) is 0.945. The third-order valence-corrected chi connectivity index (χ3v) is 4.22. The first-order valence-corrected chi connectivity index (χ1v) is 7.00. The van der Waals surface area contributed by atoms with E-state index in [1.807, 2.05) is 25.2 Å². The van der Waals surface area contributed by atoms with Crippen molar-refractivity contribution < 1.29 is 4.42 Å². The molecule has 1 saturated carbocycles. The molecule has 2 nitrogen and oxygen atoms in total. The molecule has 1 aliphatic rings. The minimum Gasteiger partial charge on any atom is -0.461 e. The van der Waals surface area contributed by atoms with Gasteiger partial charge >= 0.3 is 0 Å². The highest BCUT2D eigenvalue weighted by Gasteiger charge is 2.24. The standard InChI is InChI=1S/C15H18ClNO/c1-17-13-4-2-3-10(8-13)15-9-11-7-12(16)5-6-14(11)18-15/h5-7,9-10,13,17H,2-4,8H2,1H3. The Labute approximate surface area is 112 Å². The van der Waals surface area contributed by atoms with Gasteiger partial charge in [-0.3, -0.25) is 0 Å². The molecule has 0 radical (unpaired) electrons. The highest BCUT2D eigenvalue weighted by atomic mass is 35.5. The number of nitrogens with one attached hydrogen (secondary N) is 1. The van der Waals surface area contributed by atoms with E-state index < -0.39 is 0 Å². The molecule has 0 bridgehead atoms. The lowest BCUT2D eigenvalue weighted by atomic mass is 9.84. The van der Waals surface area contributed by atoms with Crippen molar-refractivity contribution in [3.63, 3.8) is 0 Å². The van der Waals surface area contributed by atoms with Crippen molar-refractivity contribution in [3.8, 4) is 0 Å². The second kappa shape index (κ2) is 4.94. The zero-order valence-electron chi connectivity index (χ0n) is 10.6. The second-order valence-corrected chi connectivity index (χ2v) is 5.62. The summed E-state index contributed by atoms with van der Waals surface area (Å²) in [5, 5.41) is 5.27. The summed E-state index contributed by atoms with van der Waals surface area (Å²) in [7, 11) is 2.05. The molecule has 1 fully saturated rings. The van der Waals surface area contributed by atoms with E-state index in [2.05, 4.69) is 11.4 Å². The van der Waals surface area contributed by atoms with Crippen molar-refractivity contribution in [2.75, 3.05) is 7.05 Å². The molecule has 3 heteroatoms. The highest BCUT2D eigenvalue weighted by Crippen LogP contribution is 2.36. The molecule has 2 atom stereocenters. The third kappa shape index (κ3) is 2.27. The summed E-state index contributed by atoms with van der Waals surface area (Å²) < 4.78 is 5.97. The fourth-order valence-electron chi connectivity index (χ4n) is 2.95. The van der Waals surface area contributed by atoms with Crippen molar-refractivity contribution >= 4 is 22.6 Å². The Morgan fingerprint density at radius 2 is 2.17 bits per heavy atom. The molecular weight excluding hydrogens is 246 g/mol. The smallest absolute Gasteiger partial charge is 0.134 e. The van der Waals surface area contributed by atoms with Crippen LogP contribution in [0.3, 0.4) is 0 Å². The van der Waals surface area contributed by atoms with E-state index in [4.69, 9.17) is 16.0 Å². The van der Waals surface area contributed by atoms with Gasteiger partial charge in [0.25, 0.3) is 0 Å². The van der Waals surface area contributed by atoms with Crippen LogP contribution in [0.15, 0.2) is 28.7 Å². The van der Waals surface area contributed by atoms with Crippen LogP contribution in [0.5, 0.6) is 0 Å². The molecule has 3 rings (SSSR count). The van der Waals surface area contributed by atoms with Gasteiger partial charge in [-0.05, 0) is 50.6 Å². The molecule has 1 aromatic carbocycles. The molecule has 1 aliphatic carbocycles. The van der Waals surface area contributed by atoms with Crippen molar-refractivity contribution in [1.29, 1.82) is 0 Å². The zero-order chi connectivity index (χ0) is 12.5. The van der Waals surface area contributed by atoms with Gasteiger partial charge in [-0.15, -0.1) is 0 Å². The van der Waals surface area contributed by atoms with Gasteiger partial charge in [-0.25, -0.2) is 0 Å². The van der Waals surface area contributed by atoms with E-state index >= 15 is 0 Å². The van der Waals surface area contributed by atoms with Crippen LogP contribution in [-0.4, -0.2) is 13.1 Å². The van der Waals surface area contributed by atoms with Gasteiger partial charge in [0.1, 0.15) is 11.3 Å². The Kier molecular flexibility index (Phi) is 3.31. The quantitative estimate of drug-likeness (QED) is 0.872. The van der Waals surface area contributed by atoms with E-state index in [9.17, 15) is 0 Å². The molecule has 1 heterocycles. The van der Waals surface area contributed by atoms with Crippen molar-refractivity contribution in [1.82, 2.24) is 5.32 Å².